The molecule has 0 spiro atoms. The zero-order valence-corrected chi connectivity index (χ0v) is 19.8. The topological polar surface area (TPSA) is 71.4 Å². The van der Waals surface area contributed by atoms with Crippen molar-refractivity contribution in [3.8, 4) is 17.6 Å². The van der Waals surface area contributed by atoms with Crippen molar-refractivity contribution in [2.45, 2.75) is 6.92 Å². The van der Waals surface area contributed by atoms with Gasteiger partial charge in [0.15, 0.2) is 0 Å². The number of rotatable bonds is 8. The SMILES string of the molecule is Cc1ccccc1NC(=O)/C(C#N)=C/c1cc(Cl)cc(Cl)c1OCCOc1ccccc1Cl. The van der Waals surface area contributed by atoms with Crippen molar-refractivity contribution in [2.24, 2.45) is 0 Å². The van der Waals surface area contributed by atoms with Gasteiger partial charge in [-0.05, 0) is 48.9 Å². The number of aryl methyl sites for hydroxylation is 1. The van der Waals surface area contributed by atoms with Gasteiger partial charge in [-0.2, -0.15) is 5.26 Å². The van der Waals surface area contributed by atoms with Gasteiger partial charge in [0.05, 0.1) is 10.0 Å². The van der Waals surface area contributed by atoms with Crippen molar-refractivity contribution in [1.82, 2.24) is 0 Å². The number of halogens is 3. The Balaban J connectivity index is 1.77. The molecule has 33 heavy (non-hydrogen) atoms. The molecule has 8 heteroatoms. The number of amides is 1. The van der Waals surface area contributed by atoms with Gasteiger partial charge in [0, 0.05) is 16.3 Å². The third kappa shape index (κ3) is 6.66. The van der Waals surface area contributed by atoms with Gasteiger partial charge in [0.2, 0.25) is 0 Å². The standard InChI is InChI=1S/C25H19Cl3N2O3/c1-16-6-2-4-8-22(16)30-25(31)18(15-29)12-17-13-19(26)14-21(28)24(17)33-11-10-32-23-9-5-3-7-20(23)27/h2-9,12-14H,10-11H2,1H3,(H,30,31)/b18-12+. The van der Waals surface area contributed by atoms with Gasteiger partial charge >= 0.3 is 0 Å². The van der Waals surface area contributed by atoms with Crippen LogP contribution in [0.3, 0.4) is 0 Å². The molecule has 0 aliphatic rings. The molecule has 0 aromatic heterocycles. The molecule has 168 valence electrons. The van der Waals surface area contributed by atoms with Crippen LogP contribution >= 0.6 is 34.8 Å². The van der Waals surface area contributed by atoms with Crippen molar-refractivity contribution in [3.63, 3.8) is 0 Å². The molecule has 0 unspecified atom stereocenters. The summed E-state index contributed by atoms with van der Waals surface area (Å²) in [5.74, 6) is 0.251. The van der Waals surface area contributed by atoms with Crippen LogP contribution in [0.15, 0.2) is 66.2 Å². The number of hydrogen-bond donors (Lipinski definition) is 1. The molecule has 0 heterocycles. The second-order valence-corrected chi connectivity index (χ2v) is 8.12. The highest BCUT2D eigenvalue weighted by molar-refractivity contribution is 6.36. The van der Waals surface area contributed by atoms with E-state index < -0.39 is 5.91 Å². The third-order valence-corrected chi connectivity index (χ3v) is 5.33. The molecule has 0 aliphatic heterocycles. The van der Waals surface area contributed by atoms with E-state index in [4.69, 9.17) is 44.3 Å². The summed E-state index contributed by atoms with van der Waals surface area (Å²) in [6.45, 7) is 2.20. The Morgan fingerprint density at radius 3 is 2.42 bits per heavy atom. The number of nitrogens with zero attached hydrogens (tertiary/aromatic N) is 1. The van der Waals surface area contributed by atoms with Crippen LogP contribution in [0.25, 0.3) is 6.08 Å². The number of para-hydroxylation sites is 2. The van der Waals surface area contributed by atoms with E-state index in [0.29, 0.717) is 27.0 Å². The van der Waals surface area contributed by atoms with E-state index in [9.17, 15) is 10.1 Å². The fourth-order valence-corrected chi connectivity index (χ4v) is 3.66. The van der Waals surface area contributed by atoms with Crippen molar-refractivity contribution in [3.05, 3.63) is 92.4 Å². The first kappa shape index (κ1) is 24.5. The lowest BCUT2D eigenvalue weighted by Crippen LogP contribution is -2.14. The Morgan fingerprint density at radius 1 is 1.00 bits per heavy atom. The van der Waals surface area contributed by atoms with Crippen LogP contribution in [-0.2, 0) is 4.79 Å². The molecule has 0 atom stereocenters. The maximum Gasteiger partial charge on any atom is 0.266 e. The summed E-state index contributed by atoms with van der Waals surface area (Å²) in [7, 11) is 0. The molecule has 3 aromatic rings. The molecule has 0 fully saturated rings. The van der Waals surface area contributed by atoms with Crippen molar-refractivity contribution in [2.75, 3.05) is 18.5 Å². The lowest BCUT2D eigenvalue weighted by molar-refractivity contribution is -0.112. The molecule has 3 aromatic carbocycles. The summed E-state index contributed by atoms with van der Waals surface area (Å²) >= 11 is 18.6. The monoisotopic (exact) mass is 500 g/mol. The maximum atomic E-state index is 12.7. The zero-order chi connectivity index (χ0) is 23.8. The van der Waals surface area contributed by atoms with Gasteiger partial charge in [-0.15, -0.1) is 0 Å². The van der Waals surface area contributed by atoms with Gasteiger partial charge in [0.25, 0.3) is 5.91 Å². The summed E-state index contributed by atoms with van der Waals surface area (Å²) in [5.41, 5.74) is 1.74. The Kier molecular flexibility index (Phi) is 8.62. The molecule has 0 saturated heterocycles. The molecular weight excluding hydrogens is 483 g/mol. The number of benzene rings is 3. The molecule has 1 N–H and O–H groups in total. The number of nitriles is 1. The number of hydrogen-bond acceptors (Lipinski definition) is 4. The molecule has 1 amide bonds. The summed E-state index contributed by atoms with van der Waals surface area (Å²) < 4.78 is 11.4. The summed E-state index contributed by atoms with van der Waals surface area (Å²) in [6.07, 6.45) is 1.38. The van der Waals surface area contributed by atoms with Crippen LogP contribution in [-0.4, -0.2) is 19.1 Å². The van der Waals surface area contributed by atoms with Gasteiger partial charge in [0.1, 0.15) is 36.4 Å². The van der Waals surface area contributed by atoms with E-state index in [-0.39, 0.29) is 29.6 Å². The largest absolute Gasteiger partial charge is 0.488 e. The average Bonchev–Trinajstić information content (AvgIpc) is 2.78. The van der Waals surface area contributed by atoms with Crippen LogP contribution in [0.1, 0.15) is 11.1 Å². The molecule has 0 aliphatic carbocycles. The first-order valence-electron chi connectivity index (χ1n) is 9.87. The minimum absolute atomic E-state index is 0.131. The Morgan fingerprint density at radius 2 is 1.70 bits per heavy atom. The quantitative estimate of drug-likeness (QED) is 0.206. The van der Waals surface area contributed by atoms with E-state index in [1.807, 2.05) is 31.2 Å². The second kappa shape index (κ2) is 11.6. The van der Waals surface area contributed by atoms with Crippen molar-refractivity contribution in [1.29, 1.82) is 5.26 Å². The highest BCUT2D eigenvalue weighted by Gasteiger charge is 2.15. The zero-order valence-electron chi connectivity index (χ0n) is 17.6. The van der Waals surface area contributed by atoms with E-state index in [1.54, 1.807) is 36.4 Å². The molecule has 0 saturated carbocycles. The van der Waals surface area contributed by atoms with Crippen LogP contribution in [0.2, 0.25) is 15.1 Å². The van der Waals surface area contributed by atoms with E-state index in [1.165, 1.54) is 12.1 Å². The van der Waals surface area contributed by atoms with E-state index >= 15 is 0 Å². The predicted octanol–water partition coefficient (Wildman–Crippen LogP) is 6.96. The van der Waals surface area contributed by atoms with Gasteiger partial charge in [-0.25, -0.2) is 0 Å². The summed E-state index contributed by atoms with van der Waals surface area (Å²) in [6, 6.07) is 19.4. The van der Waals surface area contributed by atoms with Crippen LogP contribution in [0.5, 0.6) is 11.5 Å². The Hall–Kier alpha value is -3.17. The Bertz CT molecular complexity index is 1240. The normalized spacial score (nSPS) is 10.9. The highest BCUT2D eigenvalue weighted by Crippen LogP contribution is 2.34. The molecular formula is C25H19Cl3N2O3. The lowest BCUT2D eigenvalue weighted by Gasteiger charge is -2.13. The van der Waals surface area contributed by atoms with Crippen LogP contribution in [0, 0.1) is 18.3 Å². The molecule has 0 bridgehead atoms. The van der Waals surface area contributed by atoms with Crippen LogP contribution < -0.4 is 14.8 Å². The number of carbonyl (C=O) groups excluding carboxylic acids is 1. The number of nitrogens with one attached hydrogen (secondary N) is 1. The fourth-order valence-electron chi connectivity index (χ4n) is 2.90. The number of carbonyl (C=O) groups is 1. The molecule has 5 nitrogen and oxygen atoms in total. The average molecular weight is 502 g/mol. The first-order chi connectivity index (χ1) is 15.9. The summed E-state index contributed by atoms with van der Waals surface area (Å²) in [4.78, 5) is 12.7. The predicted molar refractivity (Wildman–Crippen MR) is 132 cm³/mol. The van der Waals surface area contributed by atoms with Crippen LogP contribution in [0.4, 0.5) is 5.69 Å². The van der Waals surface area contributed by atoms with Crippen molar-refractivity contribution < 1.29 is 14.3 Å². The van der Waals surface area contributed by atoms with Gasteiger partial charge in [-0.1, -0.05) is 65.1 Å². The Labute approximate surface area is 207 Å². The fraction of sp³-hybridized carbons (Fsp3) is 0.120. The van der Waals surface area contributed by atoms with Gasteiger partial charge in [-0.3, -0.25) is 4.79 Å². The first-order valence-corrected chi connectivity index (χ1v) is 11.0. The minimum Gasteiger partial charge on any atom is -0.488 e. The van der Waals surface area contributed by atoms with Gasteiger partial charge < -0.3 is 14.8 Å². The summed E-state index contributed by atoms with van der Waals surface area (Å²) in [5, 5.41) is 13.4. The lowest BCUT2D eigenvalue weighted by atomic mass is 10.1. The minimum atomic E-state index is -0.559. The molecule has 3 rings (SSSR count). The smallest absolute Gasteiger partial charge is 0.266 e. The van der Waals surface area contributed by atoms with E-state index in [0.717, 1.165) is 5.56 Å². The second-order valence-electron chi connectivity index (χ2n) is 6.87. The van der Waals surface area contributed by atoms with Crippen molar-refractivity contribution >= 4 is 52.5 Å². The highest BCUT2D eigenvalue weighted by atomic mass is 35.5. The number of ether oxygens (including phenoxy) is 2. The van der Waals surface area contributed by atoms with E-state index in [2.05, 4.69) is 5.32 Å². The molecule has 0 radical (unpaired) electrons. The maximum absolute atomic E-state index is 12.7. The number of anilines is 1. The third-order valence-electron chi connectivity index (χ3n) is 4.52.